The van der Waals surface area contributed by atoms with Crippen LogP contribution in [-0.4, -0.2) is 28.5 Å². The van der Waals surface area contributed by atoms with Crippen molar-refractivity contribution < 1.29 is 13.2 Å². The van der Waals surface area contributed by atoms with Crippen molar-refractivity contribution in [2.75, 3.05) is 29.6 Å². The van der Waals surface area contributed by atoms with Crippen molar-refractivity contribution in [1.82, 2.24) is 9.97 Å². The number of nitrogens with two attached hydrogens (primary N) is 1. The molecule has 0 unspecified atom stereocenters. The lowest BCUT2D eigenvalue weighted by atomic mass is 10.4. The summed E-state index contributed by atoms with van der Waals surface area (Å²) in [7, 11) is 0. The molecule has 0 aromatic carbocycles. The summed E-state index contributed by atoms with van der Waals surface area (Å²) in [6.07, 6.45) is -2.68. The maximum atomic E-state index is 12.3. The van der Waals surface area contributed by atoms with Crippen molar-refractivity contribution in [3.05, 3.63) is 11.9 Å². The number of halogens is 3. The van der Waals surface area contributed by atoms with Crippen molar-refractivity contribution in [3.63, 3.8) is 0 Å². The third kappa shape index (κ3) is 3.76. The van der Waals surface area contributed by atoms with E-state index < -0.39 is 12.0 Å². The molecule has 90 valence electrons. The maximum absolute atomic E-state index is 12.3. The molecule has 0 saturated heterocycles. The summed E-state index contributed by atoms with van der Waals surface area (Å²) in [6, 6.07) is 1.27. The van der Waals surface area contributed by atoms with E-state index in [0.717, 1.165) is 5.75 Å². The maximum Gasteiger partial charge on any atom is 0.451 e. The Morgan fingerprint density at radius 3 is 2.69 bits per heavy atom. The van der Waals surface area contributed by atoms with Gasteiger partial charge in [0.1, 0.15) is 11.6 Å². The molecule has 0 fully saturated rings. The minimum Gasteiger partial charge on any atom is -0.384 e. The second-order valence-electron chi connectivity index (χ2n) is 2.92. The Bertz CT molecular complexity index is 356. The number of alkyl halides is 3. The van der Waals surface area contributed by atoms with E-state index in [0.29, 0.717) is 6.54 Å². The van der Waals surface area contributed by atoms with Gasteiger partial charge in [-0.2, -0.15) is 24.9 Å². The van der Waals surface area contributed by atoms with E-state index in [1.54, 1.807) is 11.8 Å². The van der Waals surface area contributed by atoms with Crippen LogP contribution in [0.3, 0.4) is 0 Å². The van der Waals surface area contributed by atoms with Gasteiger partial charge in [0.2, 0.25) is 5.82 Å². The topological polar surface area (TPSA) is 63.8 Å². The van der Waals surface area contributed by atoms with E-state index in [1.165, 1.54) is 6.07 Å². The third-order valence-corrected chi connectivity index (χ3v) is 2.22. The van der Waals surface area contributed by atoms with Gasteiger partial charge in [0.25, 0.3) is 0 Å². The van der Waals surface area contributed by atoms with E-state index in [2.05, 4.69) is 15.3 Å². The Morgan fingerprint density at radius 1 is 1.44 bits per heavy atom. The summed E-state index contributed by atoms with van der Waals surface area (Å²) < 4.78 is 37.0. The van der Waals surface area contributed by atoms with E-state index in [-0.39, 0.29) is 11.6 Å². The molecule has 0 spiro atoms. The van der Waals surface area contributed by atoms with E-state index >= 15 is 0 Å². The predicted molar refractivity (Wildman–Crippen MR) is 58.3 cm³/mol. The van der Waals surface area contributed by atoms with Gasteiger partial charge in [-0.25, -0.2) is 9.97 Å². The number of nitrogens with zero attached hydrogens (tertiary/aromatic N) is 2. The Balaban J connectivity index is 2.82. The van der Waals surface area contributed by atoms with Crippen LogP contribution in [0, 0.1) is 0 Å². The smallest absolute Gasteiger partial charge is 0.384 e. The van der Waals surface area contributed by atoms with Gasteiger partial charge in [-0.05, 0) is 6.26 Å². The zero-order valence-electron chi connectivity index (χ0n) is 8.51. The van der Waals surface area contributed by atoms with Crippen molar-refractivity contribution in [2.24, 2.45) is 0 Å². The number of nitrogen functional groups attached to an aromatic ring is 1. The van der Waals surface area contributed by atoms with Crippen LogP contribution in [0.25, 0.3) is 0 Å². The van der Waals surface area contributed by atoms with E-state index in [4.69, 9.17) is 5.73 Å². The average molecular weight is 252 g/mol. The van der Waals surface area contributed by atoms with Gasteiger partial charge in [0.15, 0.2) is 0 Å². The number of nitrogens with one attached hydrogen (secondary N) is 1. The van der Waals surface area contributed by atoms with Crippen molar-refractivity contribution >= 4 is 23.4 Å². The zero-order chi connectivity index (χ0) is 12.2. The second kappa shape index (κ2) is 5.24. The van der Waals surface area contributed by atoms with Crippen LogP contribution < -0.4 is 11.1 Å². The highest BCUT2D eigenvalue weighted by atomic mass is 32.2. The summed E-state index contributed by atoms with van der Waals surface area (Å²) in [5.74, 6) is -0.562. The van der Waals surface area contributed by atoms with Crippen molar-refractivity contribution in [3.8, 4) is 0 Å². The highest BCUT2D eigenvalue weighted by Crippen LogP contribution is 2.27. The Hall–Kier alpha value is -1.18. The fraction of sp³-hybridized carbons (Fsp3) is 0.500. The molecule has 0 bridgehead atoms. The molecule has 0 amide bonds. The zero-order valence-corrected chi connectivity index (χ0v) is 9.32. The second-order valence-corrected chi connectivity index (χ2v) is 3.90. The molecule has 1 rings (SSSR count). The Labute approximate surface area is 94.8 Å². The van der Waals surface area contributed by atoms with Crippen LogP contribution in [0.4, 0.5) is 24.8 Å². The molecule has 3 N–H and O–H groups in total. The minimum atomic E-state index is -4.58. The monoisotopic (exact) mass is 252 g/mol. The molecule has 0 aliphatic carbocycles. The van der Waals surface area contributed by atoms with E-state index in [1.807, 2.05) is 6.26 Å². The molecule has 0 aliphatic rings. The highest BCUT2D eigenvalue weighted by Gasteiger charge is 2.35. The molecule has 8 heteroatoms. The predicted octanol–water partition coefficient (Wildman–Crippen LogP) is 1.85. The number of hydrogen-bond donors (Lipinski definition) is 2. The lowest BCUT2D eigenvalue weighted by Crippen LogP contribution is -2.15. The summed E-state index contributed by atoms with van der Waals surface area (Å²) >= 11 is 1.58. The first-order valence-electron chi connectivity index (χ1n) is 4.38. The number of thioether (sulfide) groups is 1. The molecule has 1 aromatic heterocycles. The Kier molecular flexibility index (Phi) is 4.22. The van der Waals surface area contributed by atoms with Crippen LogP contribution in [0.5, 0.6) is 0 Å². The lowest BCUT2D eigenvalue weighted by Gasteiger charge is -2.09. The largest absolute Gasteiger partial charge is 0.451 e. The van der Waals surface area contributed by atoms with Gasteiger partial charge in [-0.15, -0.1) is 0 Å². The number of aromatic nitrogens is 2. The average Bonchev–Trinajstić information content (AvgIpc) is 2.16. The fourth-order valence-corrected chi connectivity index (χ4v) is 1.27. The van der Waals surface area contributed by atoms with Gasteiger partial charge in [-0.1, -0.05) is 0 Å². The van der Waals surface area contributed by atoms with Gasteiger partial charge in [0, 0.05) is 18.4 Å². The standard InChI is InChI=1S/C8H11F3N4S/c1-16-3-2-13-6-4-5(12)14-7(15-6)8(9,10)11/h4H,2-3H2,1H3,(H3,12,13,14,15). The van der Waals surface area contributed by atoms with Crippen LogP contribution in [0.1, 0.15) is 5.82 Å². The summed E-state index contributed by atoms with van der Waals surface area (Å²) in [4.78, 5) is 6.47. The molecule has 0 aliphatic heterocycles. The van der Waals surface area contributed by atoms with Crippen LogP contribution in [-0.2, 0) is 6.18 Å². The molecule has 0 atom stereocenters. The summed E-state index contributed by atoms with van der Waals surface area (Å²) in [6.45, 7) is 0.523. The molecule has 1 heterocycles. The first-order chi connectivity index (χ1) is 7.43. The van der Waals surface area contributed by atoms with E-state index in [9.17, 15) is 13.2 Å². The normalized spacial score (nSPS) is 11.5. The third-order valence-electron chi connectivity index (χ3n) is 1.61. The van der Waals surface area contributed by atoms with Crippen molar-refractivity contribution in [1.29, 1.82) is 0 Å². The van der Waals surface area contributed by atoms with Gasteiger partial charge < -0.3 is 11.1 Å². The number of anilines is 2. The molecule has 1 aromatic rings. The number of rotatable bonds is 4. The molecular weight excluding hydrogens is 241 g/mol. The quantitative estimate of drug-likeness (QED) is 0.801. The van der Waals surface area contributed by atoms with Crippen LogP contribution in [0.2, 0.25) is 0 Å². The molecule has 4 nitrogen and oxygen atoms in total. The van der Waals surface area contributed by atoms with Crippen LogP contribution in [0.15, 0.2) is 6.07 Å². The van der Waals surface area contributed by atoms with Gasteiger partial charge >= 0.3 is 6.18 Å². The lowest BCUT2D eigenvalue weighted by molar-refractivity contribution is -0.144. The molecular formula is C8H11F3N4S. The first-order valence-corrected chi connectivity index (χ1v) is 5.77. The van der Waals surface area contributed by atoms with Crippen LogP contribution >= 0.6 is 11.8 Å². The Morgan fingerprint density at radius 2 is 2.12 bits per heavy atom. The SMILES string of the molecule is CSCCNc1cc(N)nc(C(F)(F)F)n1. The molecule has 0 saturated carbocycles. The highest BCUT2D eigenvalue weighted by molar-refractivity contribution is 7.98. The fourth-order valence-electron chi connectivity index (χ4n) is 0.965. The summed E-state index contributed by atoms with van der Waals surface area (Å²) in [5.41, 5.74) is 5.26. The molecule has 16 heavy (non-hydrogen) atoms. The number of hydrogen-bond acceptors (Lipinski definition) is 5. The minimum absolute atomic E-state index is 0.0916. The van der Waals surface area contributed by atoms with Gasteiger partial charge in [0.05, 0.1) is 0 Å². The van der Waals surface area contributed by atoms with Gasteiger partial charge in [-0.3, -0.25) is 0 Å². The summed E-state index contributed by atoms with van der Waals surface area (Å²) in [5, 5.41) is 2.75. The molecule has 0 radical (unpaired) electrons. The first kappa shape index (κ1) is 12.9. The van der Waals surface area contributed by atoms with Crippen molar-refractivity contribution in [2.45, 2.75) is 6.18 Å².